The number of oxazole rings is 1. The van der Waals surface area contributed by atoms with Crippen LogP contribution in [0.4, 0.5) is 0 Å². The molecule has 1 aromatic heterocycles. The number of carbonyl (C=O) groups excluding carboxylic acids is 1. The largest absolute Gasteiger partial charge is 0.439 e. The SMILES string of the molecule is O=C(c1cccc(Cl)c1Cl)N1CCN(Cc2ncc(-c3ccccc3)o2)CC1. The minimum atomic E-state index is -0.0883. The van der Waals surface area contributed by atoms with E-state index >= 15 is 0 Å². The second-order valence-electron chi connectivity index (χ2n) is 6.65. The van der Waals surface area contributed by atoms with E-state index in [2.05, 4.69) is 9.88 Å². The summed E-state index contributed by atoms with van der Waals surface area (Å²) in [5.41, 5.74) is 1.46. The van der Waals surface area contributed by atoms with Crippen LogP contribution in [0.2, 0.25) is 10.0 Å². The van der Waals surface area contributed by atoms with Crippen molar-refractivity contribution in [3.63, 3.8) is 0 Å². The van der Waals surface area contributed by atoms with Crippen LogP contribution in [0.3, 0.4) is 0 Å². The van der Waals surface area contributed by atoms with Crippen LogP contribution >= 0.6 is 23.2 Å². The molecule has 2 aromatic carbocycles. The van der Waals surface area contributed by atoms with Crippen molar-refractivity contribution in [3.8, 4) is 11.3 Å². The van der Waals surface area contributed by atoms with Crippen molar-refractivity contribution in [1.29, 1.82) is 0 Å². The molecule has 0 N–H and O–H groups in total. The first kappa shape index (κ1) is 19.0. The smallest absolute Gasteiger partial charge is 0.255 e. The summed E-state index contributed by atoms with van der Waals surface area (Å²) in [6.45, 7) is 3.34. The van der Waals surface area contributed by atoms with Gasteiger partial charge in [-0.05, 0) is 12.1 Å². The lowest BCUT2D eigenvalue weighted by atomic mass is 10.1. The number of halogens is 2. The van der Waals surface area contributed by atoms with Gasteiger partial charge in [0.25, 0.3) is 5.91 Å². The quantitative estimate of drug-likeness (QED) is 0.624. The maximum Gasteiger partial charge on any atom is 0.255 e. The Morgan fingerprint density at radius 2 is 1.75 bits per heavy atom. The Kier molecular flexibility index (Phi) is 5.67. The molecular formula is C21H19Cl2N3O2. The number of hydrogen-bond acceptors (Lipinski definition) is 4. The van der Waals surface area contributed by atoms with Crippen molar-refractivity contribution in [3.05, 3.63) is 76.2 Å². The zero-order valence-corrected chi connectivity index (χ0v) is 16.7. The molecule has 0 unspecified atom stereocenters. The zero-order chi connectivity index (χ0) is 19.5. The maximum atomic E-state index is 12.7. The molecule has 0 spiro atoms. The molecule has 2 heterocycles. The van der Waals surface area contributed by atoms with Crippen molar-refractivity contribution in [2.75, 3.05) is 26.2 Å². The molecular weight excluding hydrogens is 397 g/mol. The van der Waals surface area contributed by atoms with Crippen molar-refractivity contribution in [1.82, 2.24) is 14.8 Å². The van der Waals surface area contributed by atoms with Gasteiger partial charge in [-0.3, -0.25) is 9.69 Å². The van der Waals surface area contributed by atoms with Crippen LogP contribution in [-0.4, -0.2) is 46.9 Å². The van der Waals surface area contributed by atoms with Crippen LogP contribution in [0.1, 0.15) is 16.2 Å². The van der Waals surface area contributed by atoms with Crippen LogP contribution in [-0.2, 0) is 6.54 Å². The molecule has 1 fully saturated rings. The van der Waals surface area contributed by atoms with Gasteiger partial charge in [0.15, 0.2) is 5.76 Å². The summed E-state index contributed by atoms with van der Waals surface area (Å²) in [7, 11) is 0. The van der Waals surface area contributed by atoms with Gasteiger partial charge in [-0.2, -0.15) is 0 Å². The summed E-state index contributed by atoms with van der Waals surface area (Å²) < 4.78 is 5.88. The summed E-state index contributed by atoms with van der Waals surface area (Å²) in [4.78, 5) is 21.2. The molecule has 3 aromatic rings. The average molecular weight is 416 g/mol. The van der Waals surface area contributed by atoms with E-state index in [1.807, 2.05) is 30.3 Å². The van der Waals surface area contributed by atoms with Crippen LogP contribution < -0.4 is 0 Å². The third-order valence-electron chi connectivity index (χ3n) is 4.81. The normalized spacial score (nSPS) is 15.0. The molecule has 0 aliphatic carbocycles. The standard InChI is InChI=1S/C21H19Cl2N3O2/c22-17-8-4-7-16(20(17)23)21(27)26-11-9-25(10-12-26)14-19-24-13-18(28-19)15-5-2-1-3-6-15/h1-8,13H,9-12,14H2. The van der Waals surface area contributed by atoms with Crippen LogP contribution in [0.5, 0.6) is 0 Å². The van der Waals surface area contributed by atoms with Crippen molar-refractivity contribution in [2.24, 2.45) is 0 Å². The van der Waals surface area contributed by atoms with E-state index in [1.165, 1.54) is 0 Å². The molecule has 1 aliphatic heterocycles. The highest BCUT2D eigenvalue weighted by Crippen LogP contribution is 2.27. The summed E-state index contributed by atoms with van der Waals surface area (Å²) in [5, 5.41) is 0.703. The Hall–Kier alpha value is -2.34. The second-order valence-corrected chi connectivity index (χ2v) is 7.44. The summed E-state index contributed by atoms with van der Waals surface area (Å²) in [6.07, 6.45) is 1.76. The van der Waals surface area contributed by atoms with Crippen molar-refractivity contribution >= 4 is 29.1 Å². The fraction of sp³-hybridized carbons (Fsp3) is 0.238. The second kappa shape index (κ2) is 8.35. The molecule has 1 saturated heterocycles. The molecule has 144 valence electrons. The van der Waals surface area contributed by atoms with Crippen LogP contribution in [0.25, 0.3) is 11.3 Å². The fourth-order valence-corrected chi connectivity index (χ4v) is 3.64. The van der Waals surface area contributed by atoms with Crippen molar-refractivity contribution < 1.29 is 9.21 Å². The lowest BCUT2D eigenvalue weighted by Crippen LogP contribution is -2.48. The van der Waals surface area contributed by atoms with E-state index in [4.69, 9.17) is 27.6 Å². The minimum Gasteiger partial charge on any atom is -0.439 e. The molecule has 7 heteroatoms. The number of piperazine rings is 1. The Bertz CT molecular complexity index is 967. The summed E-state index contributed by atoms with van der Waals surface area (Å²) in [6, 6.07) is 15.0. The summed E-state index contributed by atoms with van der Waals surface area (Å²) >= 11 is 12.2. The van der Waals surface area contributed by atoms with E-state index in [0.29, 0.717) is 41.1 Å². The first-order valence-electron chi connectivity index (χ1n) is 9.07. The van der Waals surface area contributed by atoms with Crippen LogP contribution in [0, 0.1) is 0 Å². The van der Waals surface area contributed by atoms with Crippen molar-refractivity contribution in [2.45, 2.75) is 6.54 Å². The number of carbonyl (C=O) groups is 1. The van der Waals surface area contributed by atoms with Gasteiger partial charge in [0.05, 0.1) is 28.4 Å². The maximum absolute atomic E-state index is 12.7. The predicted octanol–water partition coefficient (Wildman–Crippen LogP) is 4.61. The number of benzene rings is 2. The van der Waals surface area contributed by atoms with Gasteiger partial charge in [-0.15, -0.1) is 0 Å². The molecule has 0 atom stereocenters. The predicted molar refractivity (Wildman–Crippen MR) is 110 cm³/mol. The zero-order valence-electron chi connectivity index (χ0n) is 15.1. The van der Waals surface area contributed by atoms with E-state index in [-0.39, 0.29) is 5.91 Å². The Labute approximate surface area is 173 Å². The highest BCUT2D eigenvalue weighted by molar-refractivity contribution is 6.43. The molecule has 28 heavy (non-hydrogen) atoms. The first-order valence-corrected chi connectivity index (χ1v) is 9.83. The van der Waals surface area contributed by atoms with E-state index in [0.717, 1.165) is 24.4 Å². The van der Waals surface area contributed by atoms with Gasteiger partial charge in [0.1, 0.15) is 0 Å². The topological polar surface area (TPSA) is 49.6 Å². The molecule has 0 radical (unpaired) electrons. The average Bonchev–Trinajstić information content (AvgIpc) is 3.19. The number of amides is 1. The molecule has 0 bridgehead atoms. The van der Waals surface area contributed by atoms with Gasteiger partial charge < -0.3 is 9.32 Å². The van der Waals surface area contributed by atoms with E-state index in [1.54, 1.807) is 29.3 Å². The Morgan fingerprint density at radius 3 is 2.50 bits per heavy atom. The van der Waals surface area contributed by atoms with Gasteiger partial charge >= 0.3 is 0 Å². The lowest BCUT2D eigenvalue weighted by Gasteiger charge is -2.34. The number of hydrogen-bond donors (Lipinski definition) is 0. The minimum absolute atomic E-state index is 0.0883. The first-order chi connectivity index (χ1) is 13.6. The van der Waals surface area contributed by atoms with Gasteiger partial charge in [-0.25, -0.2) is 4.98 Å². The molecule has 0 saturated carbocycles. The monoisotopic (exact) mass is 415 g/mol. The van der Waals surface area contributed by atoms with Crippen LogP contribution in [0.15, 0.2) is 59.1 Å². The Morgan fingerprint density at radius 1 is 1.00 bits per heavy atom. The highest BCUT2D eigenvalue weighted by atomic mass is 35.5. The lowest BCUT2D eigenvalue weighted by molar-refractivity contribution is 0.0618. The number of aromatic nitrogens is 1. The molecule has 4 rings (SSSR count). The number of nitrogens with zero attached hydrogens (tertiary/aromatic N) is 3. The Balaban J connectivity index is 1.35. The molecule has 5 nitrogen and oxygen atoms in total. The molecule has 1 aliphatic rings. The van der Waals surface area contributed by atoms with Gasteiger partial charge in [0, 0.05) is 31.7 Å². The summed E-state index contributed by atoms with van der Waals surface area (Å²) in [5.74, 6) is 1.35. The third-order valence-corrected chi connectivity index (χ3v) is 5.63. The van der Waals surface area contributed by atoms with E-state index in [9.17, 15) is 4.79 Å². The van der Waals surface area contributed by atoms with E-state index < -0.39 is 0 Å². The molecule has 1 amide bonds. The number of rotatable bonds is 4. The highest BCUT2D eigenvalue weighted by Gasteiger charge is 2.25. The van der Waals surface area contributed by atoms with Gasteiger partial charge in [0.2, 0.25) is 5.89 Å². The third kappa shape index (κ3) is 4.07. The fourth-order valence-electron chi connectivity index (χ4n) is 3.26. The van der Waals surface area contributed by atoms with Gasteiger partial charge in [-0.1, -0.05) is 59.6 Å².